The summed E-state index contributed by atoms with van der Waals surface area (Å²) in [6.45, 7) is 6.72. The summed E-state index contributed by atoms with van der Waals surface area (Å²) in [4.78, 5) is 25.2. The van der Waals surface area contributed by atoms with Crippen molar-refractivity contribution in [2.45, 2.75) is 38.5 Å². The Morgan fingerprint density at radius 1 is 1.03 bits per heavy atom. The quantitative estimate of drug-likeness (QED) is 0.324. The minimum atomic E-state index is -0.295. The van der Waals surface area contributed by atoms with Crippen molar-refractivity contribution in [2.75, 3.05) is 5.75 Å². The summed E-state index contributed by atoms with van der Waals surface area (Å²) in [5.41, 5.74) is 1.26. The molecule has 0 radical (unpaired) electrons. The van der Waals surface area contributed by atoms with Crippen LogP contribution in [0.1, 0.15) is 53.4 Å². The lowest BCUT2D eigenvalue weighted by molar-refractivity contribution is 0.0921. The molecule has 1 atom stereocenters. The molecule has 0 saturated carbocycles. The maximum Gasteiger partial charge on any atom is 0.251 e. The second-order valence-electron chi connectivity index (χ2n) is 7.36. The minimum absolute atomic E-state index is 0.0301. The van der Waals surface area contributed by atoms with Gasteiger partial charge in [-0.2, -0.15) is 0 Å². The normalized spacial score (nSPS) is 12.0. The monoisotopic (exact) mass is 500 g/mol. The predicted octanol–water partition coefficient (Wildman–Crippen LogP) is 5.16. The van der Waals surface area contributed by atoms with E-state index in [2.05, 4.69) is 31.4 Å². The van der Waals surface area contributed by atoms with Crippen molar-refractivity contribution < 1.29 is 9.59 Å². The number of aromatic nitrogens is 3. The van der Waals surface area contributed by atoms with Gasteiger partial charge in [0.05, 0.1) is 11.8 Å². The number of carbonyl (C=O) groups is 2. The summed E-state index contributed by atoms with van der Waals surface area (Å²) in [6, 6.07) is 16.1. The Labute approximate surface area is 195 Å². The molecule has 0 aliphatic heterocycles. The van der Waals surface area contributed by atoms with Gasteiger partial charge in [-0.1, -0.05) is 71.9 Å². The van der Waals surface area contributed by atoms with Crippen LogP contribution in [0.4, 0.5) is 0 Å². The fraction of sp³-hybridized carbons (Fsp3) is 0.304. The van der Waals surface area contributed by atoms with Gasteiger partial charge < -0.3 is 9.88 Å². The summed E-state index contributed by atoms with van der Waals surface area (Å²) < 4.78 is 2.90. The highest BCUT2D eigenvalue weighted by atomic mass is 79.9. The number of Topliss-reactive ketones (excluding diaryl/α,β-unsaturated/α-hetero) is 1. The number of hydrogen-bond acceptors (Lipinski definition) is 5. The lowest BCUT2D eigenvalue weighted by Gasteiger charge is -2.22. The van der Waals surface area contributed by atoms with Gasteiger partial charge in [0, 0.05) is 22.1 Å². The Bertz CT molecular complexity index is 1040. The van der Waals surface area contributed by atoms with Gasteiger partial charge in [-0.25, -0.2) is 0 Å². The number of ketones is 1. The third kappa shape index (κ3) is 5.83. The van der Waals surface area contributed by atoms with Gasteiger partial charge in [0.25, 0.3) is 5.91 Å². The molecule has 2 aromatic carbocycles. The van der Waals surface area contributed by atoms with Crippen molar-refractivity contribution in [3.8, 4) is 0 Å². The zero-order valence-corrected chi connectivity index (χ0v) is 20.1. The molecule has 0 bridgehead atoms. The van der Waals surface area contributed by atoms with Gasteiger partial charge in [0.2, 0.25) is 0 Å². The van der Waals surface area contributed by atoms with Crippen molar-refractivity contribution in [1.82, 2.24) is 20.1 Å². The van der Waals surface area contributed by atoms with E-state index < -0.39 is 0 Å². The molecule has 1 aromatic heterocycles. The summed E-state index contributed by atoms with van der Waals surface area (Å²) in [5.74, 6) is 0.958. The largest absolute Gasteiger partial charge is 0.342 e. The Morgan fingerprint density at radius 3 is 2.32 bits per heavy atom. The zero-order valence-electron chi connectivity index (χ0n) is 17.7. The molecule has 0 fully saturated rings. The van der Waals surface area contributed by atoms with Crippen molar-refractivity contribution in [2.24, 2.45) is 5.92 Å². The summed E-state index contributed by atoms with van der Waals surface area (Å²) in [5, 5.41) is 12.5. The van der Waals surface area contributed by atoms with Crippen LogP contribution in [-0.2, 0) is 6.54 Å². The number of halogens is 1. The Hall–Kier alpha value is -2.45. The molecule has 0 aliphatic carbocycles. The van der Waals surface area contributed by atoms with E-state index in [4.69, 9.17) is 0 Å². The number of nitrogens with zero attached hydrogens (tertiary/aromatic N) is 3. The SMILES string of the molecule is CCn1c(SCC(=O)c2ccc(Br)cc2)nnc1[C@@H](NC(=O)c1ccccc1)C(C)C. The highest BCUT2D eigenvalue weighted by molar-refractivity contribution is 9.10. The maximum absolute atomic E-state index is 12.7. The van der Waals surface area contributed by atoms with Crippen LogP contribution < -0.4 is 5.32 Å². The molecule has 0 spiro atoms. The average Bonchev–Trinajstić information content (AvgIpc) is 3.19. The Balaban J connectivity index is 1.75. The molecule has 1 N–H and O–H groups in total. The van der Waals surface area contributed by atoms with Crippen LogP contribution in [0.25, 0.3) is 0 Å². The van der Waals surface area contributed by atoms with E-state index in [0.29, 0.717) is 28.7 Å². The molecule has 3 aromatic rings. The topological polar surface area (TPSA) is 76.9 Å². The molecule has 162 valence electrons. The van der Waals surface area contributed by atoms with E-state index in [0.717, 1.165) is 4.47 Å². The molecule has 1 amide bonds. The lowest BCUT2D eigenvalue weighted by Crippen LogP contribution is -2.33. The Morgan fingerprint density at radius 2 is 1.71 bits per heavy atom. The van der Waals surface area contributed by atoms with E-state index in [1.165, 1.54) is 11.8 Å². The molecule has 0 unspecified atom stereocenters. The van der Waals surface area contributed by atoms with E-state index in [-0.39, 0.29) is 29.4 Å². The summed E-state index contributed by atoms with van der Waals surface area (Å²) >= 11 is 4.74. The average molecular weight is 501 g/mol. The van der Waals surface area contributed by atoms with Crippen LogP contribution in [0.15, 0.2) is 64.2 Å². The standard InChI is InChI=1S/C23H25BrN4O2S/c1-4-28-21(20(15(2)3)25-22(30)17-8-6-5-7-9-17)26-27-23(28)31-14-19(29)16-10-12-18(24)13-11-16/h5-13,15,20H,4,14H2,1-3H3,(H,25,30)/t20-/m0/s1. The van der Waals surface area contributed by atoms with Crippen molar-refractivity contribution in [1.29, 1.82) is 0 Å². The highest BCUT2D eigenvalue weighted by Crippen LogP contribution is 2.26. The van der Waals surface area contributed by atoms with E-state index in [1.807, 2.05) is 55.7 Å². The molecular weight excluding hydrogens is 476 g/mol. The Kier molecular flexibility index (Phi) is 8.03. The van der Waals surface area contributed by atoms with Crippen LogP contribution in [0.5, 0.6) is 0 Å². The number of rotatable bonds is 9. The molecule has 31 heavy (non-hydrogen) atoms. The van der Waals surface area contributed by atoms with Gasteiger partial charge in [-0.3, -0.25) is 9.59 Å². The van der Waals surface area contributed by atoms with Crippen molar-refractivity contribution in [3.63, 3.8) is 0 Å². The van der Waals surface area contributed by atoms with Crippen LogP contribution in [0.3, 0.4) is 0 Å². The third-order valence-electron chi connectivity index (χ3n) is 4.83. The first-order valence-electron chi connectivity index (χ1n) is 10.1. The van der Waals surface area contributed by atoms with Crippen LogP contribution in [0, 0.1) is 5.92 Å². The second-order valence-corrected chi connectivity index (χ2v) is 9.22. The summed E-state index contributed by atoms with van der Waals surface area (Å²) in [7, 11) is 0. The fourth-order valence-electron chi connectivity index (χ4n) is 3.13. The smallest absolute Gasteiger partial charge is 0.251 e. The first-order valence-corrected chi connectivity index (χ1v) is 11.9. The fourth-order valence-corrected chi connectivity index (χ4v) is 4.29. The first-order chi connectivity index (χ1) is 14.9. The van der Waals surface area contributed by atoms with Gasteiger partial charge in [-0.15, -0.1) is 10.2 Å². The lowest BCUT2D eigenvalue weighted by atomic mass is 10.0. The molecule has 3 rings (SSSR count). The van der Waals surface area contributed by atoms with Gasteiger partial charge in [0.1, 0.15) is 0 Å². The maximum atomic E-state index is 12.7. The molecule has 6 nitrogen and oxygen atoms in total. The molecular formula is C23H25BrN4O2S. The predicted molar refractivity (Wildman–Crippen MR) is 126 cm³/mol. The van der Waals surface area contributed by atoms with Crippen LogP contribution in [-0.4, -0.2) is 32.2 Å². The third-order valence-corrected chi connectivity index (χ3v) is 6.32. The zero-order chi connectivity index (χ0) is 22.4. The van der Waals surface area contributed by atoms with Crippen LogP contribution in [0.2, 0.25) is 0 Å². The van der Waals surface area contributed by atoms with E-state index in [1.54, 1.807) is 24.3 Å². The van der Waals surface area contributed by atoms with Gasteiger partial charge in [0.15, 0.2) is 16.8 Å². The van der Waals surface area contributed by atoms with Crippen molar-refractivity contribution in [3.05, 3.63) is 76.0 Å². The number of thioether (sulfide) groups is 1. The van der Waals surface area contributed by atoms with Gasteiger partial charge >= 0.3 is 0 Å². The number of nitrogens with one attached hydrogen (secondary N) is 1. The number of carbonyl (C=O) groups excluding carboxylic acids is 2. The molecule has 8 heteroatoms. The minimum Gasteiger partial charge on any atom is -0.342 e. The van der Waals surface area contributed by atoms with E-state index >= 15 is 0 Å². The second kappa shape index (κ2) is 10.7. The number of hydrogen-bond donors (Lipinski definition) is 1. The van der Waals surface area contributed by atoms with Gasteiger partial charge in [-0.05, 0) is 37.1 Å². The van der Waals surface area contributed by atoms with E-state index in [9.17, 15) is 9.59 Å². The molecule has 0 aliphatic rings. The molecule has 0 saturated heterocycles. The molecule has 1 heterocycles. The first kappa shape index (κ1) is 23.2. The highest BCUT2D eigenvalue weighted by Gasteiger charge is 2.26. The summed E-state index contributed by atoms with van der Waals surface area (Å²) in [6.07, 6.45) is 0. The number of benzene rings is 2. The number of amides is 1. The van der Waals surface area contributed by atoms with Crippen molar-refractivity contribution >= 4 is 39.4 Å². The van der Waals surface area contributed by atoms with Crippen LogP contribution >= 0.6 is 27.7 Å².